The number of piperidine rings is 1. The molecule has 0 spiro atoms. The average molecular weight is 202 g/mol. The quantitative estimate of drug-likeness (QED) is 0.390. The van der Waals surface area contributed by atoms with Crippen LogP contribution in [0.2, 0.25) is 0 Å². The summed E-state index contributed by atoms with van der Waals surface area (Å²) in [5.74, 6) is 0. The Morgan fingerprint density at radius 1 is 1.21 bits per heavy atom. The Kier molecular flexibility index (Phi) is 2.77. The fourth-order valence-electron chi connectivity index (χ4n) is 2.74. The molecule has 0 saturated carbocycles. The molecule has 0 aliphatic carbocycles. The van der Waals surface area contributed by atoms with Gasteiger partial charge in [0, 0.05) is 6.54 Å². The summed E-state index contributed by atoms with van der Waals surface area (Å²) in [7, 11) is 0. The Bertz CT molecular complexity index is 214. The van der Waals surface area contributed by atoms with E-state index in [-0.39, 0.29) is 12.1 Å². The Balaban J connectivity index is 2.19. The smallest absolute Gasteiger partial charge is 0.0995 e. The second kappa shape index (κ2) is 3.75. The number of rotatable bonds is 1. The third kappa shape index (κ3) is 1.36. The molecule has 2 fully saturated rings. The van der Waals surface area contributed by atoms with Crippen LogP contribution in [0.15, 0.2) is 0 Å². The van der Waals surface area contributed by atoms with Crippen molar-refractivity contribution in [1.29, 1.82) is 0 Å². The van der Waals surface area contributed by atoms with E-state index in [4.69, 9.17) is 5.73 Å². The number of nitrogens with zero attached hydrogens (tertiary/aromatic N) is 1. The first-order valence-corrected chi connectivity index (χ1v) is 5.17. The first-order chi connectivity index (χ1) is 6.66. The Morgan fingerprint density at radius 2 is 1.93 bits per heavy atom. The van der Waals surface area contributed by atoms with Crippen molar-refractivity contribution in [3.05, 3.63) is 0 Å². The van der Waals surface area contributed by atoms with Crippen molar-refractivity contribution in [3.63, 3.8) is 0 Å². The monoisotopic (exact) mass is 202 g/mol. The van der Waals surface area contributed by atoms with Gasteiger partial charge in [-0.1, -0.05) is 0 Å². The zero-order chi connectivity index (χ0) is 10.3. The van der Waals surface area contributed by atoms with Crippen molar-refractivity contribution in [2.45, 2.75) is 43.2 Å². The molecule has 0 aromatic carbocycles. The van der Waals surface area contributed by atoms with Crippen LogP contribution >= 0.6 is 0 Å². The largest absolute Gasteiger partial charge is 0.391 e. The molecule has 0 amide bonds. The van der Waals surface area contributed by atoms with Gasteiger partial charge in [-0.25, -0.2) is 0 Å². The minimum Gasteiger partial charge on any atom is -0.391 e. The van der Waals surface area contributed by atoms with E-state index < -0.39 is 18.3 Å². The lowest BCUT2D eigenvalue weighted by Gasteiger charge is -2.37. The highest BCUT2D eigenvalue weighted by Crippen LogP contribution is 2.31. The lowest BCUT2D eigenvalue weighted by molar-refractivity contribution is -0.0290. The Morgan fingerprint density at radius 3 is 2.57 bits per heavy atom. The fourth-order valence-corrected chi connectivity index (χ4v) is 2.74. The van der Waals surface area contributed by atoms with Gasteiger partial charge >= 0.3 is 0 Å². The molecule has 0 radical (unpaired) electrons. The molecule has 5 unspecified atom stereocenters. The molecule has 14 heavy (non-hydrogen) atoms. The number of nitrogens with two attached hydrogens (primary N) is 1. The van der Waals surface area contributed by atoms with Gasteiger partial charge in [0.1, 0.15) is 0 Å². The van der Waals surface area contributed by atoms with E-state index in [1.54, 1.807) is 0 Å². The number of fused-ring (bicyclic) bond motifs is 1. The van der Waals surface area contributed by atoms with Gasteiger partial charge in [0.2, 0.25) is 0 Å². The highest BCUT2D eigenvalue weighted by Gasteiger charge is 2.50. The van der Waals surface area contributed by atoms with Crippen LogP contribution in [0.25, 0.3) is 0 Å². The topological polar surface area (TPSA) is 90.0 Å². The number of aliphatic hydroxyl groups is 3. The molecule has 5 N–H and O–H groups in total. The maximum absolute atomic E-state index is 9.76. The van der Waals surface area contributed by atoms with Crippen LogP contribution in [-0.4, -0.2) is 63.7 Å². The summed E-state index contributed by atoms with van der Waals surface area (Å²) in [6, 6.07) is -0.530. The van der Waals surface area contributed by atoms with Crippen LogP contribution < -0.4 is 5.73 Å². The minimum atomic E-state index is -0.862. The minimum absolute atomic E-state index is 0.204. The van der Waals surface area contributed by atoms with E-state index in [2.05, 4.69) is 0 Å². The van der Waals surface area contributed by atoms with Crippen LogP contribution in [0.1, 0.15) is 12.8 Å². The molecular formula is C9H18N2O3. The normalized spacial score (nSPS) is 49.3. The van der Waals surface area contributed by atoms with E-state index >= 15 is 0 Å². The molecule has 5 atom stereocenters. The molecule has 2 heterocycles. The first kappa shape index (κ1) is 10.3. The van der Waals surface area contributed by atoms with Crippen LogP contribution in [0.3, 0.4) is 0 Å². The van der Waals surface area contributed by atoms with E-state index in [1.165, 1.54) is 0 Å². The van der Waals surface area contributed by atoms with E-state index in [0.29, 0.717) is 13.0 Å². The third-order valence-electron chi connectivity index (χ3n) is 3.45. The predicted octanol–water partition coefficient (Wildman–Crippen LogP) is -2.13. The van der Waals surface area contributed by atoms with Gasteiger partial charge in [0.25, 0.3) is 0 Å². The van der Waals surface area contributed by atoms with Crippen molar-refractivity contribution < 1.29 is 15.3 Å². The van der Waals surface area contributed by atoms with Crippen LogP contribution in [0.4, 0.5) is 0 Å². The molecule has 0 bridgehead atoms. The van der Waals surface area contributed by atoms with Gasteiger partial charge in [0.15, 0.2) is 0 Å². The fraction of sp³-hybridized carbons (Fsp3) is 1.00. The van der Waals surface area contributed by atoms with Gasteiger partial charge in [-0.3, -0.25) is 4.90 Å². The van der Waals surface area contributed by atoms with Crippen molar-refractivity contribution in [2.75, 3.05) is 13.1 Å². The maximum Gasteiger partial charge on any atom is 0.0995 e. The predicted molar refractivity (Wildman–Crippen MR) is 50.6 cm³/mol. The second-order valence-corrected chi connectivity index (χ2v) is 4.22. The third-order valence-corrected chi connectivity index (χ3v) is 3.45. The summed E-state index contributed by atoms with van der Waals surface area (Å²) in [4.78, 5) is 1.95. The zero-order valence-corrected chi connectivity index (χ0v) is 8.08. The van der Waals surface area contributed by atoms with Crippen LogP contribution in [0, 0.1) is 0 Å². The van der Waals surface area contributed by atoms with Gasteiger partial charge in [-0.2, -0.15) is 0 Å². The number of hydrogen-bond donors (Lipinski definition) is 4. The molecule has 2 aliphatic heterocycles. The lowest BCUT2D eigenvalue weighted by Crippen LogP contribution is -2.51. The molecule has 2 saturated heterocycles. The highest BCUT2D eigenvalue weighted by atomic mass is 16.3. The summed E-state index contributed by atoms with van der Waals surface area (Å²) < 4.78 is 0. The van der Waals surface area contributed by atoms with E-state index in [9.17, 15) is 15.3 Å². The van der Waals surface area contributed by atoms with Crippen LogP contribution in [-0.2, 0) is 0 Å². The van der Waals surface area contributed by atoms with Crippen molar-refractivity contribution in [1.82, 2.24) is 4.90 Å². The zero-order valence-electron chi connectivity index (χ0n) is 8.08. The molecule has 5 heteroatoms. The number of aliphatic hydroxyl groups excluding tert-OH is 3. The molecule has 0 aromatic heterocycles. The summed E-state index contributed by atoms with van der Waals surface area (Å²) in [5.41, 5.74) is 5.54. The van der Waals surface area contributed by atoms with Crippen molar-refractivity contribution in [3.8, 4) is 0 Å². The van der Waals surface area contributed by atoms with E-state index in [1.807, 2.05) is 4.90 Å². The summed E-state index contributed by atoms with van der Waals surface area (Å²) in [6.07, 6.45) is -0.628. The molecule has 5 nitrogen and oxygen atoms in total. The Labute approximate surface area is 83.1 Å². The average Bonchev–Trinajstić information content (AvgIpc) is 2.41. The summed E-state index contributed by atoms with van der Waals surface area (Å²) in [5, 5.41) is 29.2. The molecule has 2 rings (SSSR count). The van der Waals surface area contributed by atoms with Crippen LogP contribution in [0.5, 0.6) is 0 Å². The molecule has 82 valence electrons. The SMILES string of the molecule is NCC1C(O)C(O)C2C(O)CCCN12. The second-order valence-electron chi connectivity index (χ2n) is 4.22. The van der Waals surface area contributed by atoms with Crippen molar-refractivity contribution >= 4 is 0 Å². The van der Waals surface area contributed by atoms with Crippen molar-refractivity contribution in [2.24, 2.45) is 5.73 Å². The van der Waals surface area contributed by atoms with Gasteiger partial charge in [0.05, 0.1) is 30.4 Å². The van der Waals surface area contributed by atoms with Gasteiger partial charge < -0.3 is 21.1 Å². The molecule has 2 aliphatic rings. The highest BCUT2D eigenvalue weighted by molar-refractivity contribution is 5.05. The first-order valence-electron chi connectivity index (χ1n) is 5.17. The molecular weight excluding hydrogens is 184 g/mol. The maximum atomic E-state index is 9.76. The van der Waals surface area contributed by atoms with Gasteiger partial charge in [-0.15, -0.1) is 0 Å². The van der Waals surface area contributed by atoms with E-state index in [0.717, 1.165) is 13.0 Å². The van der Waals surface area contributed by atoms with Gasteiger partial charge in [-0.05, 0) is 19.4 Å². The lowest BCUT2D eigenvalue weighted by atomic mass is 9.97. The standard InChI is InChI=1S/C9H18N2O3/c10-4-5-8(13)9(14)7-6(12)2-1-3-11(5)7/h5-9,12-14H,1-4,10H2. The summed E-state index contributed by atoms with van der Waals surface area (Å²) >= 11 is 0. The Hall–Kier alpha value is -0.200. The number of hydrogen-bond acceptors (Lipinski definition) is 5. The molecule has 0 aromatic rings. The summed E-state index contributed by atoms with van der Waals surface area (Å²) in [6.45, 7) is 1.12.